The molecule has 0 heterocycles. The Balaban J connectivity index is 1.84. The Morgan fingerprint density at radius 2 is 1.57 bits per heavy atom. The summed E-state index contributed by atoms with van der Waals surface area (Å²) in [5.41, 5.74) is 1.58. The van der Waals surface area contributed by atoms with Gasteiger partial charge >= 0.3 is 0 Å². The summed E-state index contributed by atoms with van der Waals surface area (Å²) in [5, 5.41) is 15.1. The lowest BCUT2D eigenvalue weighted by atomic mass is 10.2. The summed E-state index contributed by atoms with van der Waals surface area (Å²) in [6.45, 7) is 3.22. The molecule has 0 saturated heterocycles. The van der Waals surface area contributed by atoms with Gasteiger partial charge in [-0.2, -0.15) is 0 Å². The number of hydrogen-bond donors (Lipinski definition) is 3. The molecular formula is C18H23FN2O2. The molecule has 0 aliphatic rings. The lowest BCUT2D eigenvalue weighted by Crippen LogP contribution is -2.28. The molecule has 5 heteroatoms. The average molecular weight is 318 g/mol. The van der Waals surface area contributed by atoms with Crippen LogP contribution in [-0.2, 0) is 13.2 Å². The van der Waals surface area contributed by atoms with E-state index in [9.17, 15) is 4.39 Å². The molecule has 2 rings (SSSR count). The van der Waals surface area contributed by atoms with Crippen LogP contribution in [0.25, 0.3) is 0 Å². The van der Waals surface area contributed by atoms with Gasteiger partial charge in [0.15, 0.2) is 0 Å². The van der Waals surface area contributed by atoms with Gasteiger partial charge in [-0.1, -0.05) is 36.4 Å². The third-order valence-corrected chi connectivity index (χ3v) is 3.40. The predicted octanol–water partition coefficient (Wildman–Crippen LogP) is 2.08. The normalized spacial score (nSPS) is 10.7. The Hall–Kier alpha value is -1.95. The minimum absolute atomic E-state index is 0.146. The van der Waals surface area contributed by atoms with Crippen molar-refractivity contribution >= 4 is 0 Å². The van der Waals surface area contributed by atoms with Crippen LogP contribution in [0.1, 0.15) is 11.1 Å². The molecule has 0 radical (unpaired) electrons. The molecule has 4 nitrogen and oxygen atoms in total. The van der Waals surface area contributed by atoms with Crippen LogP contribution in [0.3, 0.4) is 0 Å². The van der Waals surface area contributed by atoms with Gasteiger partial charge in [-0.15, -0.1) is 0 Å². The highest BCUT2D eigenvalue weighted by atomic mass is 19.1. The lowest BCUT2D eigenvalue weighted by Gasteiger charge is -2.13. The molecule has 0 atom stereocenters. The maximum atomic E-state index is 13.6. The summed E-state index contributed by atoms with van der Waals surface area (Å²) in [6, 6.07) is 14.4. The van der Waals surface area contributed by atoms with E-state index in [-0.39, 0.29) is 19.0 Å². The van der Waals surface area contributed by atoms with Gasteiger partial charge in [0.1, 0.15) is 18.2 Å². The van der Waals surface area contributed by atoms with Gasteiger partial charge in [-0.25, -0.2) is 4.39 Å². The summed E-state index contributed by atoms with van der Waals surface area (Å²) < 4.78 is 19.4. The second kappa shape index (κ2) is 9.94. The van der Waals surface area contributed by atoms with Gasteiger partial charge in [-0.3, -0.25) is 0 Å². The molecule has 0 aliphatic heterocycles. The minimum Gasteiger partial charge on any atom is -0.488 e. The van der Waals surface area contributed by atoms with Crippen molar-refractivity contribution in [3.8, 4) is 5.75 Å². The minimum atomic E-state index is -0.252. The third-order valence-electron chi connectivity index (χ3n) is 3.40. The second-order valence-corrected chi connectivity index (χ2v) is 5.14. The van der Waals surface area contributed by atoms with Crippen molar-refractivity contribution in [3.05, 3.63) is 65.5 Å². The van der Waals surface area contributed by atoms with E-state index in [0.29, 0.717) is 18.7 Å². The van der Waals surface area contributed by atoms with Crippen molar-refractivity contribution in [2.45, 2.75) is 13.2 Å². The maximum absolute atomic E-state index is 13.6. The van der Waals surface area contributed by atoms with Crippen LogP contribution in [0.5, 0.6) is 5.75 Å². The number of halogens is 1. The molecule has 124 valence electrons. The monoisotopic (exact) mass is 318 g/mol. The smallest absolute Gasteiger partial charge is 0.129 e. The number of benzene rings is 2. The predicted molar refractivity (Wildman–Crippen MR) is 88.8 cm³/mol. The van der Waals surface area contributed by atoms with E-state index in [1.807, 2.05) is 24.3 Å². The van der Waals surface area contributed by atoms with Crippen LogP contribution in [0.2, 0.25) is 0 Å². The first-order chi connectivity index (χ1) is 11.3. The van der Waals surface area contributed by atoms with Crippen molar-refractivity contribution in [1.82, 2.24) is 10.6 Å². The molecule has 0 aromatic heterocycles. The van der Waals surface area contributed by atoms with Gasteiger partial charge in [-0.05, 0) is 12.1 Å². The van der Waals surface area contributed by atoms with Crippen LogP contribution in [0.4, 0.5) is 4.39 Å². The summed E-state index contributed by atoms with van der Waals surface area (Å²) in [4.78, 5) is 0. The fourth-order valence-electron chi connectivity index (χ4n) is 2.17. The summed E-state index contributed by atoms with van der Waals surface area (Å²) >= 11 is 0. The van der Waals surface area contributed by atoms with E-state index in [2.05, 4.69) is 10.6 Å². The first kappa shape index (κ1) is 17.4. The van der Waals surface area contributed by atoms with E-state index >= 15 is 0 Å². The van der Waals surface area contributed by atoms with Crippen LogP contribution >= 0.6 is 0 Å². The highest BCUT2D eigenvalue weighted by Crippen LogP contribution is 2.19. The maximum Gasteiger partial charge on any atom is 0.129 e. The Labute approximate surface area is 136 Å². The van der Waals surface area contributed by atoms with Gasteiger partial charge in [0.25, 0.3) is 0 Å². The van der Waals surface area contributed by atoms with Crippen LogP contribution in [0.15, 0.2) is 48.5 Å². The summed E-state index contributed by atoms with van der Waals surface area (Å²) in [5.74, 6) is 0.504. The second-order valence-electron chi connectivity index (χ2n) is 5.14. The Kier molecular flexibility index (Phi) is 7.52. The fourth-order valence-corrected chi connectivity index (χ4v) is 2.17. The molecule has 0 amide bonds. The first-order valence-corrected chi connectivity index (χ1v) is 7.77. The van der Waals surface area contributed by atoms with E-state index in [1.54, 1.807) is 18.2 Å². The van der Waals surface area contributed by atoms with E-state index in [4.69, 9.17) is 9.84 Å². The van der Waals surface area contributed by atoms with Gasteiger partial charge in [0.2, 0.25) is 0 Å². The zero-order chi connectivity index (χ0) is 16.3. The average Bonchev–Trinajstić information content (AvgIpc) is 2.58. The van der Waals surface area contributed by atoms with Crippen LogP contribution < -0.4 is 15.4 Å². The van der Waals surface area contributed by atoms with Gasteiger partial charge in [0.05, 0.1) is 6.61 Å². The quantitative estimate of drug-likeness (QED) is 0.587. The highest BCUT2D eigenvalue weighted by Gasteiger charge is 2.05. The molecule has 2 aromatic rings. The number of para-hydroxylation sites is 1. The Bertz CT molecular complexity index is 593. The van der Waals surface area contributed by atoms with E-state index in [0.717, 1.165) is 24.4 Å². The zero-order valence-corrected chi connectivity index (χ0v) is 13.1. The SMILES string of the molecule is OCCNCCNCc1ccccc1OCc1ccccc1F. The van der Waals surface area contributed by atoms with Crippen LogP contribution in [0, 0.1) is 5.82 Å². The third kappa shape index (κ3) is 5.98. The Morgan fingerprint density at radius 3 is 2.35 bits per heavy atom. The number of rotatable bonds is 10. The number of aliphatic hydroxyl groups excluding tert-OH is 1. The number of ether oxygens (including phenoxy) is 1. The molecule has 2 aromatic carbocycles. The Morgan fingerprint density at radius 1 is 0.870 bits per heavy atom. The van der Waals surface area contributed by atoms with E-state index < -0.39 is 0 Å². The molecule has 23 heavy (non-hydrogen) atoms. The highest BCUT2D eigenvalue weighted by molar-refractivity contribution is 5.33. The molecule has 3 N–H and O–H groups in total. The van der Waals surface area contributed by atoms with Crippen molar-refractivity contribution in [1.29, 1.82) is 0 Å². The summed E-state index contributed by atoms with van der Waals surface area (Å²) in [7, 11) is 0. The zero-order valence-electron chi connectivity index (χ0n) is 13.1. The largest absolute Gasteiger partial charge is 0.488 e. The molecule has 0 aliphatic carbocycles. The number of hydrogen-bond acceptors (Lipinski definition) is 4. The lowest BCUT2D eigenvalue weighted by molar-refractivity contribution is 0.292. The van der Waals surface area contributed by atoms with Crippen molar-refractivity contribution in [2.24, 2.45) is 0 Å². The number of nitrogens with one attached hydrogen (secondary N) is 2. The van der Waals surface area contributed by atoms with Crippen LogP contribution in [-0.4, -0.2) is 31.3 Å². The standard InChI is InChI=1S/C18H23FN2O2/c19-17-7-3-1-6-16(17)14-23-18-8-4-2-5-15(18)13-21-10-9-20-11-12-22/h1-8,20-22H,9-14H2. The summed E-state index contributed by atoms with van der Waals surface area (Å²) in [6.07, 6.45) is 0. The molecule has 0 saturated carbocycles. The molecular weight excluding hydrogens is 295 g/mol. The topological polar surface area (TPSA) is 53.5 Å². The molecule has 0 unspecified atom stereocenters. The molecule has 0 spiro atoms. The van der Waals surface area contributed by atoms with Gasteiger partial charge in [0, 0.05) is 37.3 Å². The fraction of sp³-hybridized carbons (Fsp3) is 0.333. The first-order valence-electron chi connectivity index (χ1n) is 7.77. The number of aliphatic hydroxyl groups is 1. The van der Waals surface area contributed by atoms with Crippen molar-refractivity contribution in [2.75, 3.05) is 26.2 Å². The van der Waals surface area contributed by atoms with Crippen molar-refractivity contribution in [3.63, 3.8) is 0 Å². The molecule has 0 fully saturated rings. The van der Waals surface area contributed by atoms with Crippen molar-refractivity contribution < 1.29 is 14.2 Å². The van der Waals surface area contributed by atoms with E-state index in [1.165, 1.54) is 6.07 Å². The molecule has 0 bridgehead atoms. The van der Waals surface area contributed by atoms with Gasteiger partial charge < -0.3 is 20.5 Å².